The van der Waals surface area contributed by atoms with Crippen molar-refractivity contribution in [2.24, 2.45) is 0 Å². The van der Waals surface area contributed by atoms with E-state index >= 15 is 0 Å². The summed E-state index contributed by atoms with van der Waals surface area (Å²) in [6.45, 7) is 1.93. The first-order chi connectivity index (χ1) is 6.27. The van der Waals surface area contributed by atoms with Gasteiger partial charge in [-0.3, -0.25) is 0 Å². The lowest BCUT2D eigenvalue weighted by atomic mass is 9.87. The van der Waals surface area contributed by atoms with Gasteiger partial charge in [-0.2, -0.15) is 0 Å². The highest BCUT2D eigenvalue weighted by Crippen LogP contribution is 2.25. The Morgan fingerprint density at radius 3 is 2.92 bits per heavy atom. The molecule has 0 bridgehead atoms. The largest absolute Gasteiger partial charge is 0.375 e. The number of nitrogens with zero attached hydrogens (tertiary/aromatic N) is 1. The standard InChI is InChI=1S/C10H20N2O/c1-12(2)8-3-4-9-10(7-8)13-6-5-11-9/h8-11H,3-7H2,1-2H3/t8-,9-,10+/m0/s1. The first kappa shape index (κ1) is 9.44. The summed E-state index contributed by atoms with van der Waals surface area (Å²) in [5.41, 5.74) is 0. The van der Waals surface area contributed by atoms with Crippen LogP contribution >= 0.6 is 0 Å². The first-order valence-corrected chi connectivity index (χ1v) is 5.29. The van der Waals surface area contributed by atoms with Gasteiger partial charge in [0.15, 0.2) is 0 Å². The fourth-order valence-corrected chi connectivity index (χ4v) is 2.45. The van der Waals surface area contributed by atoms with Crippen LogP contribution in [0, 0.1) is 0 Å². The molecular weight excluding hydrogens is 164 g/mol. The van der Waals surface area contributed by atoms with Crippen molar-refractivity contribution in [1.82, 2.24) is 10.2 Å². The van der Waals surface area contributed by atoms with Gasteiger partial charge in [0.2, 0.25) is 0 Å². The van der Waals surface area contributed by atoms with Gasteiger partial charge < -0.3 is 15.0 Å². The Balaban J connectivity index is 1.91. The van der Waals surface area contributed by atoms with Crippen LogP contribution in [0.5, 0.6) is 0 Å². The average molecular weight is 184 g/mol. The molecule has 0 radical (unpaired) electrons. The Morgan fingerprint density at radius 2 is 2.15 bits per heavy atom. The first-order valence-electron chi connectivity index (χ1n) is 5.29. The predicted octanol–water partition coefficient (Wildman–Crippen LogP) is 0.457. The third-order valence-corrected chi connectivity index (χ3v) is 3.33. The van der Waals surface area contributed by atoms with E-state index in [2.05, 4.69) is 24.3 Å². The van der Waals surface area contributed by atoms with Crippen LogP contribution in [0.3, 0.4) is 0 Å². The molecule has 3 heteroatoms. The normalized spacial score (nSPS) is 40.4. The van der Waals surface area contributed by atoms with Gasteiger partial charge in [0.25, 0.3) is 0 Å². The molecule has 0 aromatic carbocycles. The number of hydrogen-bond acceptors (Lipinski definition) is 3. The lowest BCUT2D eigenvalue weighted by Gasteiger charge is -2.41. The zero-order valence-electron chi connectivity index (χ0n) is 8.62. The second-order valence-corrected chi connectivity index (χ2v) is 4.40. The molecule has 1 heterocycles. The number of nitrogens with one attached hydrogen (secondary N) is 1. The highest BCUT2D eigenvalue weighted by molar-refractivity contribution is 4.90. The van der Waals surface area contributed by atoms with Crippen LogP contribution in [-0.4, -0.2) is 50.3 Å². The van der Waals surface area contributed by atoms with Crippen LogP contribution in [0.25, 0.3) is 0 Å². The third kappa shape index (κ3) is 2.03. The van der Waals surface area contributed by atoms with Crippen LogP contribution in [0.15, 0.2) is 0 Å². The third-order valence-electron chi connectivity index (χ3n) is 3.33. The van der Waals surface area contributed by atoms with Crippen LogP contribution < -0.4 is 5.32 Å². The van der Waals surface area contributed by atoms with E-state index in [1.165, 1.54) is 19.3 Å². The van der Waals surface area contributed by atoms with Crippen molar-refractivity contribution in [1.29, 1.82) is 0 Å². The van der Waals surface area contributed by atoms with E-state index in [-0.39, 0.29) is 0 Å². The monoisotopic (exact) mass is 184 g/mol. The molecule has 0 spiro atoms. The van der Waals surface area contributed by atoms with E-state index in [1.54, 1.807) is 0 Å². The maximum absolute atomic E-state index is 5.77. The van der Waals surface area contributed by atoms with E-state index < -0.39 is 0 Å². The summed E-state index contributed by atoms with van der Waals surface area (Å²) in [7, 11) is 4.34. The molecule has 13 heavy (non-hydrogen) atoms. The molecule has 2 fully saturated rings. The van der Waals surface area contributed by atoms with Gasteiger partial charge in [0.05, 0.1) is 12.7 Å². The van der Waals surface area contributed by atoms with Crippen molar-refractivity contribution < 1.29 is 4.74 Å². The van der Waals surface area contributed by atoms with E-state index in [9.17, 15) is 0 Å². The molecule has 1 saturated heterocycles. The highest BCUT2D eigenvalue weighted by Gasteiger charge is 2.33. The summed E-state index contributed by atoms with van der Waals surface area (Å²) >= 11 is 0. The Kier molecular flexibility index (Phi) is 2.86. The van der Waals surface area contributed by atoms with Crippen LogP contribution in [-0.2, 0) is 4.74 Å². The molecular formula is C10H20N2O. The number of morpholine rings is 1. The molecule has 0 amide bonds. The van der Waals surface area contributed by atoms with Crippen molar-refractivity contribution in [2.75, 3.05) is 27.2 Å². The van der Waals surface area contributed by atoms with Crippen LogP contribution in [0.1, 0.15) is 19.3 Å². The molecule has 0 aromatic rings. The smallest absolute Gasteiger partial charge is 0.0743 e. The second kappa shape index (κ2) is 3.95. The maximum Gasteiger partial charge on any atom is 0.0743 e. The second-order valence-electron chi connectivity index (χ2n) is 4.40. The number of rotatable bonds is 1. The lowest BCUT2D eigenvalue weighted by Crippen LogP contribution is -2.54. The van der Waals surface area contributed by atoms with Crippen LogP contribution in [0.4, 0.5) is 0 Å². The molecule has 1 N–H and O–H groups in total. The summed E-state index contributed by atoms with van der Waals surface area (Å²) in [6.07, 6.45) is 4.25. The zero-order valence-corrected chi connectivity index (χ0v) is 8.62. The maximum atomic E-state index is 5.77. The van der Waals surface area contributed by atoms with E-state index in [4.69, 9.17) is 4.74 Å². The van der Waals surface area contributed by atoms with Gasteiger partial charge in [-0.1, -0.05) is 0 Å². The number of fused-ring (bicyclic) bond motifs is 1. The Bertz CT molecular complexity index is 172. The summed E-state index contributed by atoms with van der Waals surface area (Å²) in [6, 6.07) is 1.35. The van der Waals surface area contributed by atoms with Gasteiger partial charge in [0, 0.05) is 18.6 Å². The topological polar surface area (TPSA) is 24.5 Å². The van der Waals surface area contributed by atoms with Crippen LogP contribution in [0.2, 0.25) is 0 Å². The molecule has 2 rings (SSSR count). The molecule has 0 aromatic heterocycles. The molecule has 1 aliphatic heterocycles. The average Bonchev–Trinajstić information content (AvgIpc) is 2.17. The van der Waals surface area contributed by atoms with Crippen molar-refractivity contribution >= 4 is 0 Å². The van der Waals surface area contributed by atoms with Crippen molar-refractivity contribution in [3.05, 3.63) is 0 Å². The summed E-state index contributed by atoms with van der Waals surface area (Å²) < 4.78 is 5.77. The fourth-order valence-electron chi connectivity index (χ4n) is 2.45. The molecule has 3 nitrogen and oxygen atoms in total. The molecule has 1 saturated carbocycles. The summed E-state index contributed by atoms with van der Waals surface area (Å²) in [5.74, 6) is 0. The predicted molar refractivity (Wildman–Crippen MR) is 52.9 cm³/mol. The Hall–Kier alpha value is -0.120. The van der Waals surface area contributed by atoms with Crippen molar-refractivity contribution in [2.45, 2.75) is 37.5 Å². The molecule has 0 unspecified atom stereocenters. The fraction of sp³-hybridized carbons (Fsp3) is 1.00. The lowest BCUT2D eigenvalue weighted by molar-refractivity contribution is -0.0413. The molecule has 2 aliphatic rings. The molecule has 76 valence electrons. The zero-order chi connectivity index (χ0) is 9.26. The molecule has 3 atom stereocenters. The Labute approximate surface area is 80.4 Å². The van der Waals surface area contributed by atoms with Gasteiger partial charge >= 0.3 is 0 Å². The van der Waals surface area contributed by atoms with E-state index in [1.807, 2.05) is 0 Å². The van der Waals surface area contributed by atoms with E-state index in [0.29, 0.717) is 12.1 Å². The van der Waals surface area contributed by atoms with Gasteiger partial charge in [-0.05, 0) is 33.4 Å². The highest BCUT2D eigenvalue weighted by atomic mass is 16.5. The number of ether oxygens (including phenoxy) is 1. The number of hydrogen-bond donors (Lipinski definition) is 1. The van der Waals surface area contributed by atoms with Gasteiger partial charge in [-0.25, -0.2) is 0 Å². The minimum atomic E-state index is 0.467. The van der Waals surface area contributed by atoms with Gasteiger partial charge in [0.1, 0.15) is 0 Å². The van der Waals surface area contributed by atoms with Crippen molar-refractivity contribution in [3.8, 4) is 0 Å². The minimum absolute atomic E-state index is 0.467. The van der Waals surface area contributed by atoms with Gasteiger partial charge in [-0.15, -0.1) is 0 Å². The summed E-state index contributed by atoms with van der Waals surface area (Å²) in [4.78, 5) is 2.33. The SMILES string of the molecule is CN(C)[C@H]1CC[C@@H]2NCCO[C@@H]2C1. The Morgan fingerprint density at radius 1 is 1.31 bits per heavy atom. The van der Waals surface area contributed by atoms with E-state index in [0.717, 1.165) is 19.2 Å². The summed E-state index contributed by atoms with van der Waals surface area (Å²) in [5, 5.41) is 3.54. The molecule has 1 aliphatic carbocycles. The quantitative estimate of drug-likeness (QED) is 0.640. The minimum Gasteiger partial charge on any atom is -0.375 e. The van der Waals surface area contributed by atoms with Crippen molar-refractivity contribution in [3.63, 3.8) is 0 Å².